The van der Waals surface area contributed by atoms with Crippen LogP contribution in [-0.4, -0.2) is 16.1 Å². The highest BCUT2D eigenvalue weighted by Gasteiger charge is 2.02. The van der Waals surface area contributed by atoms with Gasteiger partial charge in [0.15, 0.2) is 0 Å². The zero-order valence-corrected chi connectivity index (χ0v) is 8.60. The second-order valence-corrected chi connectivity index (χ2v) is 3.50. The van der Waals surface area contributed by atoms with E-state index in [1.54, 1.807) is 12.5 Å². The highest BCUT2D eigenvalue weighted by Crippen LogP contribution is 2.16. The molecular formula is C11H15N3O. The van der Waals surface area contributed by atoms with Crippen LogP contribution in [0.25, 0.3) is 11.3 Å². The number of nitrogens with two attached hydrogens (primary N) is 1. The lowest BCUT2D eigenvalue weighted by atomic mass is 10.3. The van der Waals surface area contributed by atoms with Crippen LogP contribution in [0.15, 0.2) is 35.5 Å². The van der Waals surface area contributed by atoms with Gasteiger partial charge in [-0.25, -0.2) is 4.98 Å². The molecule has 2 aromatic heterocycles. The first-order valence-electron chi connectivity index (χ1n) is 5.14. The second-order valence-electron chi connectivity index (χ2n) is 3.50. The van der Waals surface area contributed by atoms with Gasteiger partial charge in [-0.1, -0.05) is 0 Å². The smallest absolute Gasteiger partial charge is 0.0997 e. The molecule has 0 aliphatic rings. The third-order valence-electron chi connectivity index (χ3n) is 2.32. The van der Waals surface area contributed by atoms with E-state index in [0.717, 1.165) is 37.2 Å². The lowest BCUT2D eigenvalue weighted by molar-refractivity contribution is 0.568. The Morgan fingerprint density at radius 3 is 3.07 bits per heavy atom. The first-order valence-corrected chi connectivity index (χ1v) is 5.14. The monoisotopic (exact) mass is 205 g/mol. The molecule has 4 nitrogen and oxygen atoms in total. The van der Waals surface area contributed by atoms with Gasteiger partial charge in [0, 0.05) is 18.3 Å². The molecule has 2 rings (SSSR count). The van der Waals surface area contributed by atoms with Gasteiger partial charge in [-0.15, -0.1) is 0 Å². The van der Waals surface area contributed by atoms with Crippen molar-refractivity contribution in [3.05, 3.63) is 31.1 Å². The first-order chi connectivity index (χ1) is 7.40. The van der Waals surface area contributed by atoms with E-state index in [9.17, 15) is 0 Å². The van der Waals surface area contributed by atoms with Gasteiger partial charge >= 0.3 is 0 Å². The molecule has 0 fully saturated rings. The summed E-state index contributed by atoms with van der Waals surface area (Å²) >= 11 is 0. The SMILES string of the molecule is NCCCCn1cnc(-c2ccoc2)c1. The molecule has 0 aliphatic heterocycles. The number of unbranched alkanes of at least 4 members (excludes halogenated alkanes) is 1. The molecule has 0 amide bonds. The Balaban J connectivity index is 1.98. The third-order valence-corrected chi connectivity index (χ3v) is 2.32. The lowest BCUT2D eigenvalue weighted by Gasteiger charge is -1.99. The quantitative estimate of drug-likeness (QED) is 0.758. The van der Waals surface area contributed by atoms with E-state index in [1.165, 1.54) is 0 Å². The minimum Gasteiger partial charge on any atom is -0.472 e. The van der Waals surface area contributed by atoms with Crippen LogP contribution in [0.3, 0.4) is 0 Å². The van der Waals surface area contributed by atoms with E-state index >= 15 is 0 Å². The van der Waals surface area contributed by atoms with Gasteiger partial charge < -0.3 is 14.7 Å². The Bertz CT molecular complexity index is 392. The van der Waals surface area contributed by atoms with Crippen LogP contribution >= 0.6 is 0 Å². The van der Waals surface area contributed by atoms with Crippen LogP contribution in [-0.2, 0) is 6.54 Å². The minimum atomic E-state index is 0.753. The van der Waals surface area contributed by atoms with Gasteiger partial charge in [-0.05, 0) is 25.5 Å². The summed E-state index contributed by atoms with van der Waals surface area (Å²) < 4.78 is 7.09. The summed E-state index contributed by atoms with van der Waals surface area (Å²) in [7, 11) is 0. The zero-order chi connectivity index (χ0) is 10.5. The van der Waals surface area contributed by atoms with Gasteiger partial charge in [0.05, 0.1) is 24.5 Å². The predicted molar refractivity (Wildman–Crippen MR) is 58.2 cm³/mol. The maximum atomic E-state index is 5.44. The molecule has 0 atom stereocenters. The van der Waals surface area contributed by atoms with E-state index in [2.05, 4.69) is 9.55 Å². The number of furan rings is 1. The van der Waals surface area contributed by atoms with Crippen molar-refractivity contribution in [2.24, 2.45) is 5.73 Å². The highest BCUT2D eigenvalue weighted by molar-refractivity contribution is 5.55. The lowest BCUT2D eigenvalue weighted by Crippen LogP contribution is -2.01. The van der Waals surface area contributed by atoms with Crippen molar-refractivity contribution in [1.82, 2.24) is 9.55 Å². The molecule has 0 aliphatic carbocycles. The molecule has 2 aromatic rings. The van der Waals surface area contributed by atoms with Gasteiger partial charge in [0.2, 0.25) is 0 Å². The fraction of sp³-hybridized carbons (Fsp3) is 0.364. The summed E-state index contributed by atoms with van der Waals surface area (Å²) in [5, 5.41) is 0. The summed E-state index contributed by atoms with van der Waals surface area (Å²) in [5.74, 6) is 0. The second kappa shape index (κ2) is 4.79. The minimum absolute atomic E-state index is 0.753. The molecular weight excluding hydrogens is 190 g/mol. The van der Waals surface area contributed by atoms with E-state index < -0.39 is 0 Å². The molecule has 0 saturated heterocycles. The molecule has 0 aromatic carbocycles. The van der Waals surface area contributed by atoms with Crippen molar-refractivity contribution in [2.45, 2.75) is 19.4 Å². The average Bonchev–Trinajstić information content (AvgIpc) is 2.87. The molecule has 2 N–H and O–H groups in total. The highest BCUT2D eigenvalue weighted by atomic mass is 16.3. The van der Waals surface area contributed by atoms with Crippen molar-refractivity contribution in [1.29, 1.82) is 0 Å². The Morgan fingerprint density at radius 2 is 2.33 bits per heavy atom. The molecule has 0 spiro atoms. The fourth-order valence-electron chi connectivity index (χ4n) is 1.48. The van der Waals surface area contributed by atoms with E-state index in [1.807, 2.05) is 18.6 Å². The molecule has 80 valence electrons. The topological polar surface area (TPSA) is 57.0 Å². The standard InChI is InChI=1S/C11H15N3O/c12-4-1-2-5-14-7-11(13-9-14)10-3-6-15-8-10/h3,6-9H,1-2,4-5,12H2. The van der Waals surface area contributed by atoms with Crippen LogP contribution in [0, 0.1) is 0 Å². The Kier molecular flexibility index (Phi) is 3.19. The van der Waals surface area contributed by atoms with Crippen LogP contribution in [0.4, 0.5) is 0 Å². The molecule has 0 saturated carbocycles. The average molecular weight is 205 g/mol. The summed E-state index contributed by atoms with van der Waals surface area (Å²) in [5.41, 5.74) is 7.41. The van der Waals surface area contributed by atoms with Crippen LogP contribution in [0.5, 0.6) is 0 Å². The van der Waals surface area contributed by atoms with E-state index in [-0.39, 0.29) is 0 Å². The number of hydrogen-bond donors (Lipinski definition) is 1. The summed E-state index contributed by atoms with van der Waals surface area (Å²) in [4.78, 5) is 4.31. The third kappa shape index (κ3) is 2.47. The molecule has 4 heteroatoms. The van der Waals surface area contributed by atoms with Crippen molar-refractivity contribution in [3.63, 3.8) is 0 Å². The maximum Gasteiger partial charge on any atom is 0.0997 e. The van der Waals surface area contributed by atoms with Gasteiger partial charge in [-0.3, -0.25) is 0 Å². The van der Waals surface area contributed by atoms with Crippen molar-refractivity contribution < 1.29 is 4.42 Å². The molecule has 15 heavy (non-hydrogen) atoms. The number of imidazole rings is 1. The predicted octanol–water partition coefficient (Wildman–Crippen LogP) is 1.88. The van der Waals surface area contributed by atoms with Crippen LogP contribution in [0.1, 0.15) is 12.8 Å². The molecule has 2 heterocycles. The fourth-order valence-corrected chi connectivity index (χ4v) is 1.48. The van der Waals surface area contributed by atoms with E-state index in [4.69, 9.17) is 10.2 Å². The summed E-state index contributed by atoms with van der Waals surface area (Å²) in [6, 6.07) is 1.91. The number of aromatic nitrogens is 2. The largest absolute Gasteiger partial charge is 0.472 e. The van der Waals surface area contributed by atoms with Crippen molar-refractivity contribution in [2.75, 3.05) is 6.54 Å². The molecule has 0 radical (unpaired) electrons. The van der Waals surface area contributed by atoms with E-state index in [0.29, 0.717) is 0 Å². The number of nitrogens with zero attached hydrogens (tertiary/aromatic N) is 2. The normalized spacial score (nSPS) is 10.7. The maximum absolute atomic E-state index is 5.44. The Morgan fingerprint density at radius 1 is 1.40 bits per heavy atom. The summed E-state index contributed by atoms with van der Waals surface area (Å²) in [6.45, 7) is 1.73. The zero-order valence-electron chi connectivity index (χ0n) is 8.60. The Labute approximate surface area is 88.7 Å². The van der Waals surface area contributed by atoms with Crippen LogP contribution in [0.2, 0.25) is 0 Å². The number of rotatable bonds is 5. The van der Waals surface area contributed by atoms with Crippen molar-refractivity contribution in [3.8, 4) is 11.3 Å². The first kappa shape index (κ1) is 9.98. The number of aryl methyl sites for hydroxylation is 1. The van der Waals surface area contributed by atoms with Gasteiger partial charge in [-0.2, -0.15) is 0 Å². The summed E-state index contributed by atoms with van der Waals surface area (Å²) in [6.07, 6.45) is 9.38. The van der Waals surface area contributed by atoms with Crippen molar-refractivity contribution >= 4 is 0 Å². The number of hydrogen-bond acceptors (Lipinski definition) is 3. The molecule has 0 unspecified atom stereocenters. The Hall–Kier alpha value is -1.55. The van der Waals surface area contributed by atoms with Crippen LogP contribution < -0.4 is 5.73 Å². The molecule has 0 bridgehead atoms. The van der Waals surface area contributed by atoms with Gasteiger partial charge in [0.25, 0.3) is 0 Å². The van der Waals surface area contributed by atoms with Gasteiger partial charge in [0.1, 0.15) is 0 Å².